The molecule has 3 fully saturated rings. The molecule has 5 N–H and O–H groups in total. The first-order valence-corrected chi connectivity index (χ1v) is 14.3. The number of carboxylic acids is 1. The summed E-state index contributed by atoms with van der Waals surface area (Å²) < 4.78 is 67.3. The van der Waals surface area contributed by atoms with Crippen molar-refractivity contribution in [1.29, 1.82) is 5.26 Å². The van der Waals surface area contributed by atoms with E-state index in [1.165, 1.54) is 12.4 Å². The van der Waals surface area contributed by atoms with Crippen LogP contribution in [-0.4, -0.2) is 70.1 Å². The van der Waals surface area contributed by atoms with Gasteiger partial charge >= 0.3 is 12.1 Å². The number of halogens is 3. The van der Waals surface area contributed by atoms with Gasteiger partial charge in [-0.2, -0.15) is 18.4 Å². The first-order chi connectivity index (χ1) is 20.1. The van der Waals surface area contributed by atoms with Gasteiger partial charge in [0.2, 0.25) is 10.0 Å². The van der Waals surface area contributed by atoms with E-state index < -0.39 is 33.3 Å². The first-order valence-electron chi connectivity index (χ1n) is 12.8. The van der Waals surface area contributed by atoms with E-state index in [0.717, 1.165) is 5.56 Å². The quantitative estimate of drug-likeness (QED) is 0.316. The minimum Gasteiger partial charge on any atom is -0.475 e. The molecule has 0 spiro atoms. The Hall–Kier alpha value is -4.17. The fourth-order valence-electron chi connectivity index (χ4n) is 4.87. The number of nitrogens with two attached hydrogens (primary N) is 1. The molecular formula is C27H27F3N6O6S. The van der Waals surface area contributed by atoms with Crippen LogP contribution in [0.5, 0.6) is 0 Å². The van der Waals surface area contributed by atoms with E-state index in [0.29, 0.717) is 48.2 Å². The highest BCUT2D eigenvalue weighted by Gasteiger charge is 2.51. The Balaban J connectivity index is 0.000000541. The lowest BCUT2D eigenvalue weighted by Gasteiger charge is -2.52. The number of rotatable bonds is 6. The number of fused-ring (bicyclic) bond motifs is 3. The molecule has 228 valence electrons. The molecule has 16 heteroatoms. The number of benzene rings is 1. The highest BCUT2D eigenvalue weighted by Crippen LogP contribution is 2.44. The fourth-order valence-corrected chi connectivity index (χ4v) is 6.34. The molecule has 1 aromatic carbocycles. The third-order valence-electron chi connectivity index (χ3n) is 7.40. The second-order valence-corrected chi connectivity index (χ2v) is 12.0. The number of aryl methyl sites for hydroxylation is 1. The summed E-state index contributed by atoms with van der Waals surface area (Å²) in [7, 11) is -3.87. The van der Waals surface area contributed by atoms with E-state index >= 15 is 0 Å². The van der Waals surface area contributed by atoms with Gasteiger partial charge < -0.3 is 20.7 Å². The Morgan fingerprint density at radius 1 is 1.19 bits per heavy atom. The number of ether oxygens (including phenoxy) is 1. The van der Waals surface area contributed by atoms with Gasteiger partial charge in [0.1, 0.15) is 23.3 Å². The number of aliphatic carboxylic acids is 1. The maximum Gasteiger partial charge on any atom is 0.490 e. The number of nitrogens with zero attached hydrogens (tertiary/aromatic N) is 4. The smallest absolute Gasteiger partial charge is 0.475 e. The van der Waals surface area contributed by atoms with Gasteiger partial charge in [0.25, 0.3) is 0 Å². The molecule has 0 radical (unpaired) electrons. The van der Waals surface area contributed by atoms with Crippen molar-refractivity contribution in [3.05, 3.63) is 54.0 Å². The number of sulfonamides is 1. The zero-order valence-electron chi connectivity index (χ0n) is 22.7. The van der Waals surface area contributed by atoms with Crippen LogP contribution in [0.4, 0.5) is 19.0 Å². The van der Waals surface area contributed by atoms with E-state index in [1.807, 2.05) is 13.0 Å². The van der Waals surface area contributed by atoms with E-state index in [9.17, 15) is 32.0 Å². The number of nitrogen functional groups attached to an aromatic ring is 1. The molecule has 2 aromatic heterocycles. The van der Waals surface area contributed by atoms with Crippen LogP contribution in [0.1, 0.15) is 36.9 Å². The summed E-state index contributed by atoms with van der Waals surface area (Å²) in [5.74, 6) is -2.57. The van der Waals surface area contributed by atoms with Crippen LogP contribution in [-0.2, 0) is 19.6 Å². The number of hydrogen-bond acceptors (Lipinski definition) is 10. The number of nitriles is 1. The Kier molecular flexibility index (Phi) is 8.75. The average Bonchev–Trinajstić information content (AvgIpc) is 2.98. The Bertz CT molecular complexity index is 1670. The van der Waals surface area contributed by atoms with E-state index in [4.69, 9.17) is 20.4 Å². The molecule has 6 rings (SSSR count). The first kappa shape index (κ1) is 31.8. The van der Waals surface area contributed by atoms with Gasteiger partial charge in [0, 0.05) is 17.3 Å². The topological polar surface area (TPSA) is 201 Å². The maximum atomic E-state index is 13.4. The number of alkyl halides is 3. The van der Waals surface area contributed by atoms with Gasteiger partial charge in [-0.1, -0.05) is 6.07 Å². The largest absolute Gasteiger partial charge is 0.490 e. The minimum atomic E-state index is -5.08. The number of anilines is 1. The molecule has 4 heterocycles. The summed E-state index contributed by atoms with van der Waals surface area (Å²) in [4.78, 5) is 21.9. The number of carboxylic acid groups (broad SMARTS) is 1. The molecule has 2 aliphatic heterocycles. The van der Waals surface area contributed by atoms with Crippen LogP contribution in [0.2, 0.25) is 0 Å². The lowest BCUT2D eigenvalue weighted by atomic mass is 9.72. The van der Waals surface area contributed by atoms with E-state index in [2.05, 4.69) is 19.7 Å². The highest BCUT2D eigenvalue weighted by molar-refractivity contribution is 7.89. The second-order valence-electron chi connectivity index (χ2n) is 10.3. The average molecular weight is 621 g/mol. The van der Waals surface area contributed by atoms with Crippen molar-refractivity contribution < 1.29 is 41.3 Å². The van der Waals surface area contributed by atoms with Crippen LogP contribution in [0.3, 0.4) is 0 Å². The van der Waals surface area contributed by atoms with Gasteiger partial charge in [0.15, 0.2) is 0 Å². The lowest BCUT2D eigenvalue weighted by Crippen LogP contribution is -2.63. The molecule has 43 heavy (non-hydrogen) atoms. The summed E-state index contributed by atoms with van der Waals surface area (Å²) in [5, 5.41) is 26.0. The van der Waals surface area contributed by atoms with E-state index in [-0.39, 0.29) is 29.6 Å². The molecule has 3 aromatic rings. The molecule has 0 atom stereocenters. The fraction of sp³-hybridized carbons (Fsp3) is 0.370. The number of nitrogens with one attached hydrogen (secondary N) is 1. The van der Waals surface area contributed by atoms with Crippen molar-refractivity contribution in [2.45, 2.75) is 54.8 Å². The van der Waals surface area contributed by atoms with Gasteiger partial charge in [-0.25, -0.2) is 32.9 Å². The van der Waals surface area contributed by atoms with Crippen molar-refractivity contribution in [3.63, 3.8) is 0 Å². The maximum absolute atomic E-state index is 13.4. The molecule has 3 aliphatic rings. The Morgan fingerprint density at radius 2 is 1.86 bits per heavy atom. The molecule has 0 amide bonds. The molecule has 2 saturated heterocycles. The van der Waals surface area contributed by atoms with Crippen LogP contribution in [0.15, 0.2) is 47.6 Å². The Labute approximate surface area is 244 Å². The third-order valence-corrected chi connectivity index (χ3v) is 8.97. The predicted octanol–water partition coefficient (Wildman–Crippen LogP) is 2.95. The summed E-state index contributed by atoms with van der Waals surface area (Å²) in [5.41, 5.74) is 7.90. The van der Waals surface area contributed by atoms with Crippen LogP contribution < -0.4 is 10.5 Å². The zero-order valence-corrected chi connectivity index (χ0v) is 23.5. The normalized spacial score (nSPS) is 21.4. The standard InChI is InChI=1S/C25H26N6O4S.C2HF3O2/c1-16-2-3-19(36(33,34)31-24-5-7-25(14-32,8-6-24)35-15-24)11-20(16)21-13-29-23(27)22(30-21)17-4-9-28-18(10-17)12-26;3-2(4,5)1(6)7/h2-4,9-11,13,31-32H,5-8,14-15H2,1H3,(H2,27,29);(H,6,7). The molecule has 12 nitrogen and oxygen atoms in total. The van der Waals surface area contributed by atoms with Crippen LogP contribution in [0, 0.1) is 18.3 Å². The number of hydrogen-bond donors (Lipinski definition) is 4. The molecular weight excluding hydrogens is 593 g/mol. The SMILES string of the molecule is Cc1ccc(S(=O)(=O)NC23CCC(CO)(CC2)OC3)cc1-c1cnc(N)c(-c2ccnc(C#N)c2)n1.O=C(O)C(F)(F)F. The predicted molar refractivity (Wildman–Crippen MR) is 146 cm³/mol. The number of aliphatic hydroxyl groups excluding tert-OH is 1. The molecule has 2 bridgehead atoms. The van der Waals surface area contributed by atoms with Gasteiger partial charge in [0.05, 0.1) is 41.1 Å². The molecule has 1 saturated carbocycles. The van der Waals surface area contributed by atoms with Crippen molar-refractivity contribution in [2.24, 2.45) is 0 Å². The highest BCUT2D eigenvalue weighted by atomic mass is 32.2. The van der Waals surface area contributed by atoms with Crippen molar-refractivity contribution >= 4 is 21.8 Å². The summed E-state index contributed by atoms with van der Waals surface area (Å²) in [6, 6.07) is 10.1. The van der Waals surface area contributed by atoms with E-state index in [1.54, 1.807) is 30.3 Å². The zero-order chi connectivity index (χ0) is 31.6. The molecule has 0 unspecified atom stereocenters. The molecule has 1 aliphatic carbocycles. The van der Waals surface area contributed by atoms with Gasteiger partial charge in [-0.05, 0) is 62.4 Å². The van der Waals surface area contributed by atoms with Crippen LogP contribution in [0.25, 0.3) is 22.5 Å². The second kappa shape index (κ2) is 11.8. The minimum absolute atomic E-state index is 0.0565. The summed E-state index contributed by atoms with van der Waals surface area (Å²) >= 11 is 0. The summed E-state index contributed by atoms with van der Waals surface area (Å²) in [6.45, 7) is 2.04. The number of pyridine rings is 1. The van der Waals surface area contributed by atoms with Crippen molar-refractivity contribution in [3.8, 4) is 28.6 Å². The third kappa shape index (κ3) is 6.91. The monoisotopic (exact) mass is 620 g/mol. The number of carbonyl (C=O) groups is 1. The van der Waals surface area contributed by atoms with Crippen molar-refractivity contribution in [1.82, 2.24) is 19.7 Å². The Morgan fingerprint density at radius 3 is 2.42 bits per heavy atom. The van der Waals surface area contributed by atoms with Gasteiger partial charge in [-0.15, -0.1) is 0 Å². The van der Waals surface area contributed by atoms with Gasteiger partial charge in [-0.3, -0.25) is 0 Å². The lowest BCUT2D eigenvalue weighted by molar-refractivity contribution is -0.192. The van der Waals surface area contributed by atoms with Crippen molar-refractivity contribution in [2.75, 3.05) is 18.9 Å². The van der Waals surface area contributed by atoms with Crippen LogP contribution >= 0.6 is 0 Å². The summed E-state index contributed by atoms with van der Waals surface area (Å²) in [6.07, 6.45) is 0.343. The number of aromatic nitrogens is 3. The number of aliphatic hydroxyl groups is 1.